The third kappa shape index (κ3) is 3.07. The number of hydrogen-bond acceptors (Lipinski definition) is 6. The smallest absolute Gasteiger partial charge is 0.309 e. The first kappa shape index (κ1) is 18.0. The van der Waals surface area contributed by atoms with Crippen LogP contribution in [0.4, 0.5) is 0 Å². The van der Waals surface area contributed by atoms with E-state index < -0.39 is 11.7 Å². The molecule has 0 aromatic carbocycles. The number of fused-ring (bicyclic) bond motifs is 3. The fourth-order valence-electron chi connectivity index (χ4n) is 3.98. The summed E-state index contributed by atoms with van der Waals surface area (Å²) < 4.78 is 17.3. The number of rotatable bonds is 2. The van der Waals surface area contributed by atoms with E-state index in [1.54, 1.807) is 27.7 Å². The molecule has 0 aliphatic carbocycles. The lowest BCUT2D eigenvalue weighted by Gasteiger charge is -2.33. The predicted octanol–water partition coefficient (Wildman–Crippen LogP) is 2.40. The molecular weight excluding hydrogens is 324 g/mol. The Bertz CT molecular complexity index is 636. The van der Waals surface area contributed by atoms with Crippen LogP contribution >= 0.6 is 0 Å². The van der Waals surface area contributed by atoms with E-state index in [1.807, 2.05) is 6.92 Å². The normalized spacial score (nSPS) is 40.4. The number of ketones is 1. The molecule has 0 aromatic heterocycles. The molecule has 0 spiro atoms. The molecule has 0 saturated carbocycles. The highest BCUT2D eigenvalue weighted by atomic mass is 16.6. The van der Waals surface area contributed by atoms with Crippen molar-refractivity contribution in [2.24, 2.45) is 23.7 Å². The zero-order valence-corrected chi connectivity index (χ0v) is 15.4. The summed E-state index contributed by atoms with van der Waals surface area (Å²) in [5, 5.41) is 0. The maximum atomic E-state index is 12.5. The van der Waals surface area contributed by atoms with Gasteiger partial charge in [-0.15, -0.1) is 0 Å². The predicted molar refractivity (Wildman–Crippen MR) is 88.2 cm³/mol. The summed E-state index contributed by atoms with van der Waals surface area (Å²) in [7, 11) is 0. The molecular formula is C19H26O6. The highest BCUT2D eigenvalue weighted by Crippen LogP contribution is 2.45. The van der Waals surface area contributed by atoms with Crippen molar-refractivity contribution in [3.05, 3.63) is 11.8 Å². The molecule has 0 radical (unpaired) electrons. The number of carbonyl (C=O) groups is 3. The van der Waals surface area contributed by atoms with E-state index in [2.05, 4.69) is 0 Å². The number of esters is 2. The molecule has 0 amide bonds. The summed E-state index contributed by atoms with van der Waals surface area (Å²) in [6, 6.07) is 0. The van der Waals surface area contributed by atoms with Crippen molar-refractivity contribution in [1.29, 1.82) is 0 Å². The third-order valence-electron chi connectivity index (χ3n) is 5.61. The number of hydrogen-bond donors (Lipinski definition) is 0. The summed E-state index contributed by atoms with van der Waals surface area (Å²) in [5.41, 5.74) is -1.06. The van der Waals surface area contributed by atoms with Crippen molar-refractivity contribution in [2.75, 3.05) is 0 Å². The van der Waals surface area contributed by atoms with Crippen LogP contribution in [0, 0.1) is 23.7 Å². The second-order valence-electron chi connectivity index (χ2n) is 8.06. The Morgan fingerprint density at radius 2 is 2.00 bits per heavy atom. The molecule has 6 heteroatoms. The lowest BCUT2D eigenvalue weighted by Crippen LogP contribution is -2.44. The van der Waals surface area contributed by atoms with Gasteiger partial charge in [-0.1, -0.05) is 27.7 Å². The Hall–Kier alpha value is -1.85. The van der Waals surface area contributed by atoms with E-state index in [0.29, 0.717) is 12.2 Å². The van der Waals surface area contributed by atoms with Gasteiger partial charge in [0.05, 0.1) is 11.8 Å². The summed E-state index contributed by atoms with van der Waals surface area (Å²) in [5.74, 6) is -1.10. The van der Waals surface area contributed by atoms with Crippen LogP contribution < -0.4 is 0 Å². The maximum absolute atomic E-state index is 12.5. The van der Waals surface area contributed by atoms with Crippen molar-refractivity contribution in [3.63, 3.8) is 0 Å². The SMILES string of the molecule is CC(C)C(=O)OC1CC2(C)OC(=CC2=O)C(C)CC2OC(=O)[C@H](C)[C@H]12. The molecule has 6 nitrogen and oxygen atoms in total. The van der Waals surface area contributed by atoms with Gasteiger partial charge >= 0.3 is 11.9 Å². The summed E-state index contributed by atoms with van der Waals surface area (Å²) in [6.45, 7) is 9.00. The molecule has 4 unspecified atom stereocenters. The van der Waals surface area contributed by atoms with Gasteiger partial charge in [0, 0.05) is 24.3 Å². The first-order valence-electron chi connectivity index (χ1n) is 8.98. The summed E-state index contributed by atoms with van der Waals surface area (Å²) in [6.07, 6.45) is 1.36. The van der Waals surface area contributed by atoms with Crippen LogP contribution in [-0.4, -0.2) is 35.5 Å². The third-order valence-corrected chi connectivity index (χ3v) is 5.61. The second-order valence-corrected chi connectivity index (χ2v) is 8.06. The van der Waals surface area contributed by atoms with Gasteiger partial charge in [-0.05, 0) is 13.3 Å². The maximum Gasteiger partial charge on any atom is 0.309 e. The van der Waals surface area contributed by atoms with E-state index in [0.717, 1.165) is 0 Å². The molecule has 0 N–H and O–H groups in total. The van der Waals surface area contributed by atoms with Crippen LogP contribution in [0.15, 0.2) is 11.8 Å². The highest BCUT2D eigenvalue weighted by Gasteiger charge is 2.54. The largest absolute Gasteiger partial charge is 0.483 e. The molecule has 3 aliphatic heterocycles. The summed E-state index contributed by atoms with van der Waals surface area (Å²) in [4.78, 5) is 36.9. The van der Waals surface area contributed by atoms with Crippen LogP contribution in [-0.2, 0) is 28.6 Å². The average molecular weight is 350 g/mol. The minimum Gasteiger partial charge on any atom is -0.483 e. The van der Waals surface area contributed by atoms with Crippen molar-refractivity contribution >= 4 is 17.7 Å². The van der Waals surface area contributed by atoms with Gasteiger partial charge in [0.2, 0.25) is 5.78 Å². The Balaban J connectivity index is 1.99. The molecule has 2 saturated heterocycles. The van der Waals surface area contributed by atoms with E-state index in [-0.39, 0.29) is 53.9 Å². The van der Waals surface area contributed by atoms with Gasteiger partial charge in [0.25, 0.3) is 0 Å². The van der Waals surface area contributed by atoms with Crippen molar-refractivity contribution in [1.82, 2.24) is 0 Å². The summed E-state index contributed by atoms with van der Waals surface area (Å²) >= 11 is 0. The second kappa shape index (κ2) is 6.15. The number of allylic oxidation sites excluding steroid dienone is 1. The molecule has 3 aliphatic rings. The van der Waals surface area contributed by atoms with Gasteiger partial charge in [-0.2, -0.15) is 0 Å². The molecule has 2 bridgehead atoms. The van der Waals surface area contributed by atoms with E-state index >= 15 is 0 Å². The van der Waals surface area contributed by atoms with Gasteiger partial charge < -0.3 is 14.2 Å². The zero-order chi connectivity index (χ0) is 18.5. The fourth-order valence-corrected chi connectivity index (χ4v) is 3.98. The Kier molecular flexibility index (Phi) is 4.41. The lowest BCUT2D eigenvalue weighted by atomic mass is 9.78. The Morgan fingerprint density at radius 3 is 2.64 bits per heavy atom. The highest BCUT2D eigenvalue weighted by molar-refractivity contribution is 5.99. The zero-order valence-electron chi connectivity index (χ0n) is 15.4. The standard InChI is InChI=1S/C19H26O6/c1-9(2)17(21)24-14-8-19(5)15(20)7-12(25-19)10(3)6-13-16(14)11(4)18(22)23-13/h7,9-11,13-14,16H,6,8H2,1-5H3/t10?,11-,13?,14?,16+,19?/m1/s1. The van der Waals surface area contributed by atoms with Gasteiger partial charge in [0.15, 0.2) is 5.60 Å². The molecule has 6 atom stereocenters. The van der Waals surface area contributed by atoms with E-state index in [4.69, 9.17) is 14.2 Å². The van der Waals surface area contributed by atoms with E-state index in [9.17, 15) is 14.4 Å². The number of carbonyl (C=O) groups excluding carboxylic acids is 3. The molecule has 138 valence electrons. The van der Waals surface area contributed by atoms with Crippen molar-refractivity contribution < 1.29 is 28.6 Å². The van der Waals surface area contributed by atoms with Gasteiger partial charge in [-0.25, -0.2) is 0 Å². The minimum absolute atomic E-state index is 0.0454. The minimum atomic E-state index is -1.06. The van der Waals surface area contributed by atoms with Crippen LogP contribution in [0.1, 0.15) is 47.5 Å². The lowest BCUT2D eigenvalue weighted by molar-refractivity contribution is -0.162. The monoisotopic (exact) mass is 350 g/mol. The molecule has 3 rings (SSSR count). The topological polar surface area (TPSA) is 78.9 Å². The van der Waals surface area contributed by atoms with Gasteiger partial charge in [0.1, 0.15) is 18.0 Å². The van der Waals surface area contributed by atoms with Crippen LogP contribution in [0.5, 0.6) is 0 Å². The fraction of sp³-hybridized carbons (Fsp3) is 0.737. The molecule has 3 heterocycles. The van der Waals surface area contributed by atoms with Crippen LogP contribution in [0.25, 0.3) is 0 Å². The molecule has 2 fully saturated rings. The van der Waals surface area contributed by atoms with Crippen molar-refractivity contribution in [3.8, 4) is 0 Å². The van der Waals surface area contributed by atoms with Crippen LogP contribution in [0.2, 0.25) is 0 Å². The first-order valence-corrected chi connectivity index (χ1v) is 8.98. The van der Waals surface area contributed by atoms with Gasteiger partial charge in [-0.3, -0.25) is 14.4 Å². The quantitative estimate of drug-likeness (QED) is 0.712. The molecule has 25 heavy (non-hydrogen) atoms. The average Bonchev–Trinajstić information content (AvgIpc) is 2.96. The first-order chi connectivity index (χ1) is 11.6. The Labute approximate surface area is 147 Å². The van der Waals surface area contributed by atoms with E-state index in [1.165, 1.54) is 6.08 Å². The Morgan fingerprint density at radius 1 is 1.32 bits per heavy atom. The van der Waals surface area contributed by atoms with Crippen LogP contribution in [0.3, 0.4) is 0 Å². The molecule has 0 aromatic rings. The number of ether oxygens (including phenoxy) is 3. The van der Waals surface area contributed by atoms with Crippen molar-refractivity contribution in [2.45, 2.75) is 65.3 Å².